The molecule has 0 aromatic carbocycles. The van der Waals surface area contributed by atoms with Crippen molar-refractivity contribution in [3.8, 4) is 0 Å². The number of imide groups is 1. The lowest BCUT2D eigenvalue weighted by molar-refractivity contribution is -0.198. The molecule has 0 bridgehead atoms. The molecule has 172 valence electrons. The van der Waals surface area contributed by atoms with Gasteiger partial charge in [-0.15, -0.1) is 5.06 Å². The fourth-order valence-corrected chi connectivity index (χ4v) is 5.57. The number of carbonyl (C=O) groups is 5. The number of nitrogens with one attached hydrogen (secondary N) is 3. The fourth-order valence-electron chi connectivity index (χ4n) is 3.89. The van der Waals surface area contributed by atoms with Crippen molar-refractivity contribution in [2.75, 3.05) is 25.5 Å². The van der Waals surface area contributed by atoms with Gasteiger partial charge in [-0.2, -0.15) is 11.8 Å². The topological polar surface area (TPSA) is 143 Å². The minimum Gasteiger partial charge on any atom is -0.379 e. The van der Waals surface area contributed by atoms with Gasteiger partial charge in [-0.3, -0.25) is 14.4 Å². The van der Waals surface area contributed by atoms with Crippen LogP contribution in [0.4, 0.5) is 4.79 Å². The third-order valence-corrected chi connectivity index (χ3v) is 6.96. The number of urea groups is 1. The minimum atomic E-state index is -0.726. The van der Waals surface area contributed by atoms with E-state index in [-0.39, 0.29) is 74.2 Å². The summed E-state index contributed by atoms with van der Waals surface area (Å²) in [5, 5.41) is 9.20. The average Bonchev–Trinajstić information content (AvgIpc) is 3.38. The van der Waals surface area contributed by atoms with Crippen molar-refractivity contribution in [3.05, 3.63) is 0 Å². The van der Waals surface area contributed by atoms with Gasteiger partial charge in [0.2, 0.25) is 5.91 Å². The highest BCUT2D eigenvalue weighted by Crippen LogP contribution is 2.36. The first kappa shape index (κ1) is 23.3. The summed E-state index contributed by atoms with van der Waals surface area (Å²) in [7, 11) is 0. The zero-order valence-corrected chi connectivity index (χ0v) is 18.2. The van der Waals surface area contributed by atoms with E-state index in [0.717, 1.165) is 18.6 Å². The molecule has 5 amide bonds. The zero-order chi connectivity index (χ0) is 22.4. The van der Waals surface area contributed by atoms with E-state index >= 15 is 0 Å². The van der Waals surface area contributed by atoms with Crippen molar-refractivity contribution in [2.24, 2.45) is 5.92 Å². The molecule has 0 aromatic heterocycles. The summed E-state index contributed by atoms with van der Waals surface area (Å²) >= 11 is 1.70. The van der Waals surface area contributed by atoms with Crippen LogP contribution in [0.3, 0.4) is 0 Å². The van der Waals surface area contributed by atoms with E-state index in [1.165, 1.54) is 0 Å². The second-order valence-electron chi connectivity index (χ2n) is 7.64. The van der Waals surface area contributed by atoms with Crippen molar-refractivity contribution in [1.82, 2.24) is 21.0 Å². The number of nitrogens with zero attached hydrogens (tertiary/aromatic N) is 1. The van der Waals surface area contributed by atoms with Gasteiger partial charge >= 0.3 is 12.0 Å². The second-order valence-corrected chi connectivity index (χ2v) is 8.85. The third kappa shape index (κ3) is 5.88. The van der Waals surface area contributed by atoms with Gasteiger partial charge in [-0.05, 0) is 6.42 Å². The molecule has 31 heavy (non-hydrogen) atoms. The van der Waals surface area contributed by atoms with Crippen LogP contribution >= 0.6 is 11.8 Å². The van der Waals surface area contributed by atoms with Gasteiger partial charge in [-0.25, -0.2) is 9.59 Å². The van der Waals surface area contributed by atoms with E-state index in [2.05, 4.69) is 16.0 Å². The Morgan fingerprint density at radius 3 is 2.65 bits per heavy atom. The standard InChI is InChI=1S/C19H28N4O7S/c1-2-3-11(17-16-12(10-31-17)21-19(28)22-16)18(27)20-7-9-29-8-6-15(26)30-23-13(24)4-5-14(23)25/h11-12,16-17H,2-10H2,1H3,(H,20,27)(H2,21,22,28)/t11-,12-,16-,17?/m0/s1. The van der Waals surface area contributed by atoms with Crippen molar-refractivity contribution >= 4 is 41.5 Å². The van der Waals surface area contributed by atoms with Crippen LogP contribution in [-0.2, 0) is 28.8 Å². The van der Waals surface area contributed by atoms with Crippen LogP contribution in [0.25, 0.3) is 0 Å². The molecule has 0 saturated carbocycles. The van der Waals surface area contributed by atoms with Crippen molar-refractivity contribution < 1.29 is 33.5 Å². The Hall–Kier alpha value is -2.34. The van der Waals surface area contributed by atoms with Crippen LogP contribution in [-0.4, -0.2) is 77.6 Å². The highest BCUT2D eigenvalue weighted by molar-refractivity contribution is 8.00. The zero-order valence-electron chi connectivity index (χ0n) is 17.4. The fraction of sp³-hybridized carbons (Fsp3) is 0.737. The molecule has 3 N–H and O–H groups in total. The van der Waals surface area contributed by atoms with Crippen molar-refractivity contribution in [1.29, 1.82) is 0 Å². The molecule has 3 saturated heterocycles. The van der Waals surface area contributed by atoms with Gasteiger partial charge < -0.3 is 25.5 Å². The Balaban J connectivity index is 1.33. The van der Waals surface area contributed by atoms with Gasteiger partial charge in [0.1, 0.15) is 0 Å². The van der Waals surface area contributed by atoms with E-state index in [1.807, 2.05) is 6.92 Å². The Bertz CT molecular complexity index is 718. The highest BCUT2D eigenvalue weighted by Gasteiger charge is 2.47. The van der Waals surface area contributed by atoms with Gasteiger partial charge in [0, 0.05) is 30.4 Å². The minimum absolute atomic E-state index is 0.0237. The molecule has 11 nitrogen and oxygen atoms in total. The summed E-state index contributed by atoms with van der Waals surface area (Å²) in [6.07, 6.45) is 1.56. The normalized spacial score (nSPS) is 25.8. The molecule has 3 aliphatic rings. The van der Waals surface area contributed by atoms with Crippen LogP contribution in [0, 0.1) is 5.92 Å². The number of fused-ring (bicyclic) bond motifs is 1. The maximum atomic E-state index is 12.7. The summed E-state index contributed by atoms with van der Waals surface area (Å²) < 4.78 is 5.35. The van der Waals surface area contributed by atoms with Crippen LogP contribution in [0.1, 0.15) is 39.0 Å². The summed E-state index contributed by atoms with van der Waals surface area (Å²) in [6.45, 7) is 2.56. The predicted octanol–water partition coefficient (Wildman–Crippen LogP) is -0.302. The molecular weight excluding hydrogens is 428 g/mol. The molecule has 0 spiro atoms. The number of rotatable bonds is 11. The van der Waals surface area contributed by atoms with E-state index in [9.17, 15) is 24.0 Å². The Morgan fingerprint density at radius 2 is 1.94 bits per heavy atom. The molecule has 0 aliphatic carbocycles. The first-order valence-electron chi connectivity index (χ1n) is 10.5. The lowest BCUT2D eigenvalue weighted by Gasteiger charge is -2.26. The van der Waals surface area contributed by atoms with Crippen LogP contribution in [0.5, 0.6) is 0 Å². The Morgan fingerprint density at radius 1 is 1.19 bits per heavy atom. The van der Waals surface area contributed by atoms with Crippen molar-refractivity contribution in [2.45, 2.75) is 56.4 Å². The van der Waals surface area contributed by atoms with E-state index < -0.39 is 17.8 Å². The number of thioether (sulfide) groups is 1. The Kier molecular flexibility index (Phi) is 8.13. The smallest absolute Gasteiger partial charge is 0.335 e. The molecule has 0 aromatic rings. The van der Waals surface area contributed by atoms with Gasteiger partial charge in [0.25, 0.3) is 11.8 Å². The summed E-state index contributed by atoms with van der Waals surface area (Å²) in [5.74, 6) is -1.27. The largest absolute Gasteiger partial charge is 0.379 e. The quantitative estimate of drug-likeness (QED) is 0.218. The van der Waals surface area contributed by atoms with Crippen LogP contribution in [0.2, 0.25) is 0 Å². The molecule has 0 radical (unpaired) electrons. The van der Waals surface area contributed by atoms with Crippen molar-refractivity contribution in [3.63, 3.8) is 0 Å². The molecule has 3 rings (SSSR count). The summed E-state index contributed by atoms with van der Waals surface area (Å²) in [4.78, 5) is 63.6. The van der Waals surface area contributed by atoms with E-state index in [0.29, 0.717) is 5.06 Å². The average molecular weight is 457 g/mol. The first-order chi connectivity index (χ1) is 14.9. The Labute approximate surface area is 184 Å². The first-order valence-corrected chi connectivity index (χ1v) is 11.6. The monoisotopic (exact) mass is 456 g/mol. The SMILES string of the molecule is CCC[C@H](C(=O)NCCOCCC(=O)ON1C(=O)CCC1=O)C1SC[C@@H]2NC(=O)N[C@H]12. The lowest BCUT2D eigenvalue weighted by atomic mass is 9.91. The number of carbonyl (C=O) groups excluding carboxylic acids is 5. The number of ether oxygens (including phenoxy) is 1. The highest BCUT2D eigenvalue weighted by atomic mass is 32.2. The predicted molar refractivity (Wildman–Crippen MR) is 110 cm³/mol. The molecule has 3 aliphatic heterocycles. The second kappa shape index (κ2) is 10.8. The molecular formula is C19H28N4O7S. The molecule has 1 unspecified atom stereocenters. The number of hydrogen-bond donors (Lipinski definition) is 3. The van der Waals surface area contributed by atoms with Gasteiger partial charge in [0.15, 0.2) is 0 Å². The summed E-state index contributed by atoms with van der Waals surface area (Å²) in [5.41, 5.74) is 0. The third-order valence-electron chi connectivity index (χ3n) is 5.40. The van der Waals surface area contributed by atoms with E-state index in [4.69, 9.17) is 9.57 Å². The van der Waals surface area contributed by atoms with E-state index in [1.54, 1.807) is 11.8 Å². The molecule has 3 heterocycles. The number of hydrogen-bond acceptors (Lipinski definition) is 8. The number of amides is 5. The van der Waals surface area contributed by atoms with Crippen LogP contribution < -0.4 is 16.0 Å². The maximum absolute atomic E-state index is 12.7. The van der Waals surface area contributed by atoms with Gasteiger partial charge in [-0.1, -0.05) is 13.3 Å². The molecule has 4 atom stereocenters. The maximum Gasteiger partial charge on any atom is 0.335 e. The lowest BCUT2D eigenvalue weighted by Crippen LogP contribution is -2.46. The molecule has 12 heteroatoms. The van der Waals surface area contributed by atoms with Gasteiger partial charge in [0.05, 0.1) is 37.6 Å². The van der Waals surface area contributed by atoms with Crippen LogP contribution in [0.15, 0.2) is 0 Å². The molecule has 3 fully saturated rings. The number of hydroxylamine groups is 2. The summed E-state index contributed by atoms with van der Waals surface area (Å²) in [6, 6.07) is -0.165.